The second-order valence-electron chi connectivity index (χ2n) is 7.40. The number of benzene rings is 1. The van der Waals surface area contributed by atoms with Gasteiger partial charge in [0, 0.05) is 17.3 Å². The first-order valence-electron chi connectivity index (χ1n) is 10.3. The van der Waals surface area contributed by atoms with Gasteiger partial charge in [0.05, 0.1) is 11.8 Å². The van der Waals surface area contributed by atoms with Gasteiger partial charge in [-0.3, -0.25) is 9.69 Å². The number of ether oxygens (including phenoxy) is 1. The van der Waals surface area contributed by atoms with Crippen molar-refractivity contribution >= 4 is 11.6 Å². The molecule has 0 atom stereocenters. The smallest absolute Gasteiger partial charge is 0.259 e. The molecule has 0 unspecified atom stereocenters. The number of aryl methyl sites for hydroxylation is 1. The van der Waals surface area contributed by atoms with Gasteiger partial charge in [-0.2, -0.15) is 0 Å². The van der Waals surface area contributed by atoms with Crippen molar-refractivity contribution in [1.82, 2.24) is 0 Å². The summed E-state index contributed by atoms with van der Waals surface area (Å²) in [5.74, 6) is 0.197. The molecule has 3 rings (SSSR count). The average Bonchev–Trinajstić information content (AvgIpc) is 3.24. The topological polar surface area (TPSA) is 29.5 Å². The lowest BCUT2D eigenvalue weighted by Crippen LogP contribution is -2.27. The number of rotatable bonds is 6. The molecule has 0 N–H and O–H groups in total. The van der Waals surface area contributed by atoms with E-state index in [4.69, 9.17) is 4.74 Å². The van der Waals surface area contributed by atoms with Crippen LogP contribution in [0.4, 0.5) is 10.1 Å². The molecule has 3 nitrogen and oxygen atoms in total. The molecule has 146 valence electrons. The van der Waals surface area contributed by atoms with Crippen LogP contribution in [0.15, 0.2) is 35.1 Å². The molecule has 1 fully saturated rings. The molecule has 0 radical (unpaired) electrons. The fourth-order valence-corrected chi connectivity index (χ4v) is 4.20. The number of allylic oxidation sites excluding steroid dienone is 2. The number of carbonyl (C=O) groups is 1. The summed E-state index contributed by atoms with van der Waals surface area (Å²) < 4.78 is 21.1. The molecule has 4 heteroatoms. The van der Waals surface area contributed by atoms with Crippen LogP contribution in [-0.4, -0.2) is 12.0 Å². The lowest BCUT2D eigenvalue weighted by atomic mass is 10.0. The summed E-state index contributed by atoms with van der Waals surface area (Å²) in [4.78, 5) is 14.7. The molecular weight excluding hydrogens is 341 g/mol. The molecule has 1 aliphatic heterocycles. The Kier molecular flexibility index (Phi) is 6.03. The first kappa shape index (κ1) is 19.7. The minimum Gasteiger partial charge on any atom is -0.490 e. The third-order valence-electron chi connectivity index (χ3n) is 5.56. The number of carbonyl (C=O) groups excluding carboxylic acids is 1. The lowest BCUT2D eigenvalue weighted by molar-refractivity contribution is -0.114. The lowest BCUT2D eigenvalue weighted by Gasteiger charge is -2.23. The average molecular weight is 371 g/mol. The number of hydrogen-bond acceptors (Lipinski definition) is 2. The summed E-state index contributed by atoms with van der Waals surface area (Å²) in [6, 6.07) is 3.21. The second kappa shape index (κ2) is 8.28. The van der Waals surface area contributed by atoms with Crippen molar-refractivity contribution in [3.05, 3.63) is 46.4 Å². The predicted molar refractivity (Wildman–Crippen MR) is 107 cm³/mol. The number of amides is 1. The van der Waals surface area contributed by atoms with Crippen molar-refractivity contribution < 1.29 is 13.9 Å². The van der Waals surface area contributed by atoms with E-state index in [1.165, 1.54) is 18.9 Å². The molecule has 0 spiro atoms. The van der Waals surface area contributed by atoms with Crippen LogP contribution < -0.4 is 9.64 Å². The highest BCUT2D eigenvalue weighted by atomic mass is 19.1. The normalized spacial score (nSPS) is 19.7. The summed E-state index contributed by atoms with van der Waals surface area (Å²) in [6.07, 6.45) is 8.85. The standard InChI is InChI=1S/C23H30FNO2/c1-5-10-20-17(6-2)18(7-3)23(26)25(20)21-14-22(15(4)13-19(21)24)27-16-11-8-9-12-16/h10,13-14,16H,5-9,11-12H2,1-4H3/b20-10-. The largest absolute Gasteiger partial charge is 0.490 e. The number of nitrogens with zero attached hydrogens (tertiary/aromatic N) is 1. The number of anilines is 1. The molecular formula is C23H30FNO2. The first-order valence-corrected chi connectivity index (χ1v) is 10.3. The molecule has 1 aromatic rings. The quantitative estimate of drug-likeness (QED) is 0.595. The van der Waals surface area contributed by atoms with Crippen LogP contribution in [0.3, 0.4) is 0 Å². The van der Waals surface area contributed by atoms with Crippen molar-refractivity contribution in [2.45, 2.75) is 78.7 Å². The maximum Gasteiger partial charge on any atom is 0.259 e. The zero-order chi connectivity index (χ0) is 19.6. The van der Waals surface area contributed by atoms with E-state index in [9.17, 15) is 9.18 Å². The number of hydrogen-bond donors (Lipinski definition) is 0. The van der Waals surface area contributed by atoms with Crippen molar-refractivity contribution in [2.24, 2.45) is 0 Å². The molecule has 1 amide bonds. The van der Waals surface area contributed by atoms with Crippen LogP contribution in [0.2, 0.25) is 0 Å². The van der Waals surface area contributed by atoms with E-state index in [-0.39, 0.29) is 17.8 Å². The highest BCUT2D eigenvalue weighted by Gasteiger charge is 2.35. The van der Waals surface area contributed by atoms with Crippen molar-refractivity contribution in [1.29, 1.82) is 0 Å². The van der Waals surface area contributed by atoms with Crippen LogP contribution in [0.1, 0.15) is 71.3 Å². The molecule has 1 saturated carbocycles. The molecule has 1 aromatic carbocycles. The van der Waals surface area contributed by atoms with E-state index in [1.54, 1.807) is 11.0 Å². The fourth-order valence-electron chi connectivity index (χ4n) is 4.20. The third kappa shape index (κ3) is 3.67. The molecule has 27 heavy (non-hydrogen) atoms. The van der Waals surface area contributed by atoms with Gasteiger partial charge in [0.15, 0.2) is 0 Å². The summed E-state index contributed by atoms with van der Waals surface area (Å²) in [5.41, 5.74) is 3.72. The molecule has 0 saturated heterocycles. The Morgan fingerprint density at radius 3 is 2.41 bits per heavy atom. The van der Waals surface area contributed by atoms with E-state index < -0.39 is 0 Å². The SMILES string of the molecule is CC/C=C1/C(CC)=C(CC)C(=O)N1c1cc(OC2CCCC2)c(C)cc1F. The molecule has 1 heterocycles. The van der Waals surface area contributed by atoms with Crippen molar-refractivity contribution in [2.75, 3.05) is 4.90 Å². The molecule has 0 aromatic heterocycles. The summed E-state index contributed by atoms with van der Waals surface area (Å²) in [5, 5.41) is 0. The Bertz CT molecular complexity index is 788. The first-order chi connectivity index (χ1) is 13.0. The van der Waals surface area contributed by atoms with Crippen LogP contribution >= 0.6 is 0 Å². The van der Waals surface area contributed by atoms with Crippen molar-refractivity contribution in [3.63, 3.8) is 0 Å². The van der Waals surface area contributed by atoms with Gasteiger partial charge in [-0.25, -0.2) is 4.39 Å². The van der Waals surface area contributed by atoms with E-state index in [2.05, 4.69) is 0 Å². The Morgan fingerprint density at radius 1 is 1.15 bits per heavy atom. The van der Waals surface area contributed by atoms with E-state index in [1.807, 2.05) is 33.8 Å². The molecule has 0 bridgehead atoms. The third-order valence-corrected chi connectivity index (χ3v) is 5.56. The zero-order valence-corrected chi connectivity index (χ0v) is 16.9. The van der Waals surface area contributed by atoms with Gasteiger partial charge in [-0.15, -0.1) is 0 Å². The predicted octanol–water partition coefficient (Wildman–Crippen LogP) is 6.21. The van der Waals surface area contributed by atoms with E-state index in [0.29, 0.717) is 17.9 Å². The maximum atomic E-state index is 14.9. The van der Waals surface area contributed by atoms with Crippen LogP contribution in [-0.2, 0) is 4.79 Å². The minimum atomic E-state index is -0.380. The Labute approximate surface area is 161 Å². The molecule has 2 aliphatic rings. The Balaban J connectivity index is 2.04. The fraction of sp³-hybridized carbons (Fsp3) is 0.522. The van der Waals surface area contributed by atoms with Gasteiger partial charge < -0.3 is 4.74 Å². The van der Waals surface area contributed by atoms with Gasteiger partial charge in [0.25, 0.3) is 5.91 Å². The second-order valence-corrected chi connectivity index (χ2v) is 7.40. The van der Waals surface area contributed by atoms with Crippen LogP contribution in [0.25, 0.3) is 0 Å². The Hall–Kier alpha value is -2.10. The maximum absolute atomic E-state index is 14.9. The van der Waals surface area contributed by atoms with Gasteiger partial charge in [0.2, 0.25) is 0 Å². The van der Waals surface area contributed by atoms with Crippen molar-refractivity contribution in [3.8, 4) is 5.75 Å². The van der Waals surface area contributed by atoms with Gasteiger partial charge in [0.1, 0.15) is 11.6 Å². The van der Waals surface area contributed by atoms with E-state index in [0.717, 1.165) is 48.1 Å². The highest BCUT2D eigenvalue weighted by Crippen LogP contribution is 2.40. The minimum absolute atomic E-state index is 0.108. The Morgan fingerprint density at radius 2 is 1.81 bits per heavy atom. The molecule has 1 aliphatic carbocycles. The van der Waals surface area contributed by atoms with Gasteiger partial charge in [-0.1, -0.05) is 26.8 Å². The number of halogens is 1. The highest BCUT2D eigenvalue weighted by molar-refractivity contribution is 6.13. The van der Waals surface area contributed by atoms with Gasteiger partial charge >= 0.3 is 0 Å². The van der Waals surface area contributed by atoms with Gasteiger partial charge in [-0.05, 0) is 69.1 Å². The summed E-state index contributed by atoms with van der Waals surface area (Å²) in [6.45, 7) is 7.92. The monoisotopic (exact) mass is 371 g/mol. The zero-order valence-electron chi connectivity index (χ0n) is 16.9. The summed E-state index contributed by atoms with van der Waals surface area (Å²) in [7, 11) is 0. The van der Waals surface area contributed by atoms with Crippen LogP contribution in [0, 0.1) is 12.7 Å². The summed E-state index contributed by atoms with van der Waals surface area (Å²) >= 11 is 0. The van der Waals surface area contributed by atoms with Crippen LogP contribution in [0.5, 0.6) is 5.75 Å². The van der Waals surface area contributed by atoms with E-state index >= 15 is 0 Å².